The first-order valence-corrected chi connectivity index (χ1v) is 7.41. The molecule has 4 heteroatoms. The molecule has 0 bridgehead atoms. The summed E-state index contributed by atoms with van der Waals surface area (Å²) in [5.41, 5.74) is 3.84. The minimum Gasteiger partial charge on any atom is -0.507 e. The van der Waals surface area contributed by atoms with Gasteiger partial charge < -0.3 is 10.4 Å². The maximum absolute atomic E-state index is 9.75. The topological polar surface area (TPSA) is 32.3 Å². The van der Waals surface area contributed by atoms with Gasteiger partial charge in [0.2, 0.25) is 0 Å². The number of rotatable bonds is 3. The van der Waals surface area contributed by atoms with Gasteiger partial charge in [0.25, 0.3) is 0 Å². The zero-order valence-electron chi connectivity index (χ0n) is 10.8. The van der Waals surface area contributed by atoms with Crippen LogP contribution in [0, 0.1) is 17.4 Å². The highest BCUT2D eigenvalue weighted by molar-refractivity contribution is 14.1. The second-order valence-corrected chi connectivity index (χ2v) is 6.21. The van der Waals surface area contributed by atoms with Crippen LogP contribution >= 0.6 is 34.2 Å². The van der Waals surface area contributed by atoms with Crippen molar-refractivity contribution < 1.29 is 5.11 Å². The van der Waals surface area contributed by atoms with Crippen molar-refractivity contribution in [2.45, 2.75) is 20.4 Å². The summed E-state index contributed by atoms with van der Waals surface area (Å²) in [5, 5.41) is 13.8. The largest absolute Gasteiger partial charge is 0.507 e. The Kier molecular flexibility index (Phi) is 4.58. The molecule has 2 aromatic carbocycles. The van der Waals surface area contributed by atoms with Gasteiger partial charge in [0.1, 0.15) is 5.75 Å². The predicted octanol–water partition coefficient (Wildman–Crippen LogP) is 4.88. The molecule has 0 fully saturated rings. The lowest BCUT2D eigenvalue weighted by Crippen LogP contribution is -2.01. The molecular formula is C15H15ClINO. The summed E-state index contributed by atoms with van der Waals surface area (Å²) in [5.74, 6) is 0.371. The molecule has 2 nitrogen and oxygen atoms in total. The van der Waals surface area contributed by atoms with Crippen LogP contribution < -0.4 is 5.32 Å². The Morgan fingerprint density at radius 3 is 2.37 bits per heavy atom. The molecule has 2 rings (SSSR count). The van der Waals surface area contributed by atoms with Crippen molar-refractivity contribution in [3.63, 3.8) is 0 Å². The van der Waals surface area contributed by atoms with Crippen LogP contribution in [0.25, 0.3) is 0 Å². The minimum absolute atomic E-state index is 0.371. The summed E-state index contributed by atoms with van der Waals surface area (Å²) in [4.78, 5) is 0. The summed E-state index contributed by atoms with van der Waals surface area (Å²) >= 11 is 8.41. The average molecular weight is 388 g/mol. The molecular weight excluding hydrogens is 373 g/mol. The minimum atomic E-state index is 0.371. The molecule has 0 radical (unpaired) electrons. The Morgan fingerprint density at radius 2 is 1.79 bits per heavy atom. The molecule has 0 spiro atoms. The zero-order chi connectivity index (χ0) is 14.0. The molecule has 100 valence electrons. The quantitative estimate of drug-likeness (QED) is 0.736. The highest BCUT2D eigenvalue weighted by Crippen LogP contribution is 2.26. The molecule has 2 aromatic rings. The van der Waals surface area contributed by atoms with Gasteiger partial charge >= 0.3 is 0 Å². The Balaban J connectivity index is 2.14. The van der Waals surface area contributed by atoms with Gasteiger partial charge in [0.05, 0.1) is 10.7 Å². The summed E-state index contributed by atoms with van der Waals surface area (Å²) in [6.45, 7) is 4.50. The first kappa shape index (κ1) is 14.5. The maximum Gasteiger partial charge on any atom is 0.121 e. The van der Waals surface area contributed by atoms with E-state index in [0.717, 1.165) is 31.0 Å². The lowest BCUT2D eigenvalue weighted by atomic mass is 10.1. The van der Waals surface area contributed by atoms with Gasteiger partial charge in [-0.05, 0) is 71.3 Å². The second kappa shape index (κ2) is 6.01. The van der Waals surface area contributed by atoms with Crippen molar-refractivity contribution in [3.8, 4) is 5.75 Å². The molecule has 0 heterocycles. The normalized spacial score (nSPS) is 10.5. The molecule has 19 heavy (non-hydrogen) atoms. The van der Waals surface area contributed by atoms with E-state index in [9.17, 15) is 5.11 Å². The van der Waals surface area contributed by atoms with Crippen molar-refractivity contribution in [1.29, 1.82) is 0 Å². The Bertz CT molecular complexity index is 590. The van der Waals surface area contributed by atoms with Gasteiger partial charge in [0, 0.05) is 10.1 Å². The standard InChI is InChI=1S/C15H15ClINO/c1-9-5-11(6-10(2)15(9)19)8-18-14-4-3-12(17)7-13(14)16/h3-7,18-19H,8H2,1-2H3. The number of aryl methyl sites for hydroxylation is 2. The lowest BCUT2D eigenvalue weighted by Gasteiger charge is -2.11. The summed E-state index contributed by atoms with van der Waals surface area (Å²) in [7, 11) is 0. The molecule has 0 unspecified atom stereocenters. The fourth-order valence-electron chi connectivity index (χ4n) is 1.98. The molecule has 2 N–H and O–H groups in total. The van der Waals surface area contributed by atoms with Gasteiger partial charge in [0.15, 0.2) is 0 Å². The summed E-state index contributed by atoms with van der Waals surface area (Å²) in [6.07, 6.45) is 0. The number of nitrogens with one attached hydrogen (secondary N) is 1. The van der Waals surface area contributed by atoms with E-state index in [1.165, 1.54) is 0 Å². The third kappa shape index (κ3) is 3.54. The predicted molar refractivity (Wildman–Crippen MR) is 89.1 cm³/mol. The first-order chi connectivity index (χ1) is 8.97. The number of halogens is 2. The number of phenols is 1. The number of benzene rings is 2. The highest BCUT2D eigenvalue weighted by Gasteiger charge is 2.05. The van der Waals surface area contributed by atoms with Gasteiger partial charge in [-0.1, -0.05) is 23.7 Å². The Morgan fingerprint density at radius 1 is 1.16 bits per heavy atom. The summed E-state index contributed by atoms with van der Waals surface area (Å²) in [6, 6.07) is 9.88. The van der Waals surface area contributed by atoms with E-state index in [0.29, 0.717) is 12.3 Å². The van der Waals surface area contributed by atoms with Crippen LogP contribution in [0.5, 0.6) is 5.75 Å². The van der Waals surface area contributed by atoms with Crippen LogP contribution in [0.15, 0.2) is 30.3 Å². The van der Waals surface area contributed by atoms with E-state index in [1.54, 1.807) is 0 Å². The number of phenolic OH excluding ortho intramolecular Hbond substituents is 1. The molecule has 0 aliphatic heterocycles. The smallest absolute Gasteiger partial charge is 0.121 e. The number of anilines is 1. The second-order valence-electron chi connectivity index (χ2n) is 4.56. The van der Waals surface area contributed by atoms with E-state index >= 15 is 0 Å². The number of aromatic hydroxyl groups is 1. The average Bonchev–Trinajstić information content (AvgIpc) is 2.34. The van der Waals surface area contributed by atoms with E-state index in [4.69, 9.17) is 11.6 Å². The van der Waals surface area contributed by atoms with Gasteiger partial charge in [-0.2, -0.15) is 0 Å². The van der Waals surface area contributed by atoms with Crippen molar-refractivity contribution in [2.75, 3.05) is 5.32 Å². The van der Waals surface area contributed by atoms with Gasteiger partial charge in [-0.15, -0.1) is 0 Å². The molecule has 0 aliphatic rings. The highest BCUT2D eigenvalue weighted by atomic mass is 127. The van der Waals surface area contributed by atoms with E-state index < -0.39 is 0 Å². The third-order valence-corrected chi connectivity index (χ3v) is 3.95. The first-order valence-electron chi connectivity index (χ1n) is 5.95. The van der Waals surface area contributed by atoms with Crippen LogP contribution in [0.4, 0.5) is 5.69 Å². The number of hydrogen-bond acceptors (Lipinski definition) is 2. The van der Waals surface area contributed by atoms with Crippen molar-refractivity contribution in [3.05, 3.63) is 55.6 Å². The third-order valence-electron chi connectivity index (χ3n) is 2.96. The van der Waals surface area contributed by atoms with E-state index in [1.807, 2.05) is 44.2 Å². The van der Waals surface area contributed by atoms with Crippen LogP contribution in [0.1, 0.15) is 16.7 Å². The van der Waals surface area contributed by atoms with Crippen LogP contribution in [-0.4, -0.2) is 5.11 Å². The van der Waals surface area contributed by atoms with Crippen LogP contribution in [-0.2, 0) is 6.54 Å². The summed E-state index contributed by atoms with van der Waals surface area (Å²) < 4.78 is 1.12. The van der Waals surface area contributed by atoms with Crippen LogP contribution in [0.3, 0.4) is 0 Å². The fraction of sp³-hybridized carbons (Fsp3) is 0.200. The molecule has 0 amide bonds. The van der Waals surface area contributed by atoms with Crippen molar-refractivity contribution >= 4 is 39.9 Å². The molecule has 0 atom stereocenters. The van der Waals surface area contributed by atoms with E-state index in [-0.39, 0.29) is 0 Å². The van der Waals surface area contributed by atoms with Gasteiger partial charge in [-0.3, -0.25) is 0 Å². The van der Waals surface area contributed by atoms with Gasteiger partial charge in [-0.25, -0.2) is 0 Å². The number of hydrogen-bond donors (Lipinski definition) is 2. The Hall–Kier alpha value is -0.940. The molecule has 0 aromatic heterocycles. The molecule has 0 aliphatic carbocycles. The fourth-order valence-corrected chi connectivity index (χ4v) is 2.90. The zero-order valence-corrected chi connectivity index (χ0v) is 13.7. The Labute approximate surface area is 131 Å². The van der Waals surface area contributed by atoms with E-state index in [2.05, 4.69) is 27.9 Å². The SMILES string of the molecule is Cc1cc(CNc2ccc(I)cc2Cl)cc(C)c1O. The van der Waals surface area contributed by atoms with Crippen molar-refractivity contribution in [2.24, 2.45) is 0 Å². The molecule has 0 saturated carbocycles. The van der Waals surface area contributed by atoms with Crippen LogP contribution in [0.2, 0.25) is 5.02 Å². The lowest BCUT2D eigenvalue weighted by molar-refractivity contribution is 0.466. The monoisotopic (exact) mass is 387 g/mol. The van der Waals surface area contributed by atoms with Crippen molar-refractivity contribution in [1.82, 2.24) is 0 Å². The maximum atomic E-state index is 9.75. The molecule has 0 saturated heterocycles.